The first-order chi connectivity index (χ1) is 25.7. The molecule has 3 saturated heterocycles. The molecule has 9 rings (SSSR count). The van der Waals surface area contributed by atoms with Gasteiger partial charge in [-0.1, -0.05) is 18.2 Å². The molecule has 2 aromatic carbocycles. The van der Waals surface area contributed by atoms with E-state index in [0.29, 0.717) is 48.4 Å². The molecule has 2 unspecified atom stereocenters. The smallest absolute Gasteiger partial charge is 0.256 e. The van der Waals surface area contributed by atoms with Crippen LogP contribution in [0, 0.1) is 12.8 Å². The minimum Gasteiger partial charge on any atom is -0.357 e. The first kappa shape index (κ1) is 33.4. The molecule has 0 bridgehead atoms. The van der Waals surface area contributed by atoms with E-state index in [2.05, 4.69) is 50.0 Å². The van der Waals surface area contributed by atoms with E-state index in [1.165, 1.54) is 12.1 Å². The largest absolute Gasteiger partial charge is 0.357 e. The van der Waals surface area contributed by atoms with Crippen molar-refractivity contribution >= 4 is 51.3 Å². The average molecular weight is 714 g/mol. The van der Waals surface area contributed by atoms with Gasteiger partial charge < -0.3 is 20.5 Å². The maximum absolute atomic E-state index is 13.6. The Bertz CT molecular complexity index is 2310. The molecule has 13 nitrogen and oxygen atoms in total. The number of likely N-dealkylation sites (tertiary alicyclic amines) is 1. The van der Waals surface area contributed by atoms with Gasteiger partial charge in [0.1, 0.15) is 11.9 Å². The minimum atomic E-state index is -0.646. The molecular formula is C40H43N9O4. The lowest BCUT2D eigenvalue weighted by molar-refractivity contribution is -0.136. The number of H-pyrrole nitrogens is 1. The number of piperidine rings is 2. The van der Waals surface area contributed by atoms with Crippen LogP contribution in [0.4, 0.5) is 5.82 Å². The van der Waals surface area contributed by atoms with Gasteiger partial charge in [0.15, 0.2) is 0 Å². The monoisotopic (exact) mass is 713 g/mol. The number of imide groups is 1. The summed E-state index contributed by atoms with van der Waals surface area (Å²) >= 11 is 0. The number of pyridine rings is 1. The van der Waals surface area contributed by atoms with Crippen molar-refractivity contribution in [2.75, 3.05) is 25.5 Å². The van der Waals surface area contributed by atoms with E-state index >= 15 is 0 Å². The van der Waals surface area contributed by atoms with Crippen molar-refractivity contribution in [2.24, 2.45) is 5.92 Å². The van der Waals surface area contributed by atoms with Crippen LogP contribution < -0.4 is 16.0 Å². The van der Waals surface area contributed by atoms with Crippen molar-refractivity contribution in [3.63, 3.8) is 0 Å². The molecule has 53 heavy (non-hydrogen) atoms. The number of anilines is 1. The van der Waals surface area contributed by atoms with Crippen LogP contribution in [0.15, 0.2) is 54.7 Å². The Morgan fingerprint density at radius 2 is 1.92 bits per heavy atom. The number of aromatic amines is 1. The number of benzene rings is 2. The number of aromatic nitrogens is 4. The SMILES string of the molecule is Cc1nn(CC2CCNC(c3cccc4c3CN([C@@H]3CCC(=O)NC3=O)C4=O)C2)c2cc(C(=O)Nc3cc4[nH]c([C@H]5CCCN5C)cc4cn3)ccc12. The van der Waals surface area contributed by atoms with Crippen molar-refractivity contribution in [1.29, 1.82) is 0 Å². The third-order valence-electron chi connectivity index (χ3n) is 11.8. The van der Waals surface area contributed by atoms with Crippen LogP contribution in [0.2, 0.25) is 0 Å². The fourth-order valence-corrected chi connectivity index (χ4v) is 8.99. The maximum atomic E-state index is 13.6. The summed E-state index contributed by atoms with van der Waals surface area (Å²) in [5, 5.41) is 16.0. The van der Waals surface area contributed by atoms with Crippen molar-refractivity contribution in [3.8, 4) is 0 Å². The van der Waals surface area contributed by atoms with Crippen LogP contribution in [0.3, 0.4) is 0 Å². The third kappa shape index (κ3) is 6.07. The zero-order chi connectivity index (χ0) is 36.4. The molecular weight excluding hydrogens is 670 g/mol. The Morgan fingerprint density at radius 1 is 1.04 bits per heavy atom. The quantitative estimate of drug-likeness (QED) is 0.176. The summed E-state index contributed by atoms with van der Waals surface area (Å²) in [4.78, 5) is 63.5. The van der Waals surface area contributed by atoms with Gasteiger partial charge in [-0.05, 0) is 100 Å². The zero-order valence-corrected chi connectivity index (χ0v) is 29.9. The predicted molar refractivity (Wildman–Crippen MR) is 199 cm³/mol. The maximum Gasteiger partial charge on any atom is 0.256 e. The molecule has 3 fully saturated rings. The molecule has 4 aliphatic rings. The molecule has 0 aliphatic carbocycles. The average Bonchev–Trinajstić information content (AvgIpc) is 3.93. The zero-order valence-electron chi connectivity index (χ0n) is 29.9. The van der Waals surface area contributed by atoms with Crippen LogP contribution in [0.25, 0.3) is 21.8 Å². The molecule has 0 spiro atoms. The minimum absolute atomic E-state index is 0.0298. The van der Waals surface area contributed by atoms with Gasteiger partial charge in [0.05, 0.1) is 16.7 Å². The fraction of sp³-hybridized carbons (Fsp3) is 0.400. The molecule has 7 heterocycles. The van der Waals surface area contributed by atoms with Crippen LogP contribution in [-0.4, -0.2) is 79.4 Å². The number of hydrogen-bond donors (Lipinski definition) is 4. The standard InChI is InChI=1S/C40H43N9O4/c1-22-26-9-8-24(38(51)44-36-18-30-25(19-42-36)16-32(43-30)33-7-4-14-47(33)2)17-35(26)49(46-22)20-23-12-13-41-31(15-23)27-5-3-6-28-29(27)21-48(40(28)53)34-10-11-37(50)45-39(34)52/h3,5-6,8-9,16-19,23,31,33-34,41,43H,4,7,10-15,20-21H2,1-2H3,(H,42,44,51)(H,45,50,52)/t23?,31?,33-,34-/m1/s1. The third-order valence-corrected chi connectivity index (χ3v) is 11.8. The van der Waals surface area contributed by atoms with Crippen LogP contribution >= 0.6 is 0 Å². The first-order valence-corrected chi connectivity index (χ1v) is 18.7. The van der Waals surface area contributed by atoms with Crippen LogP contribution in [-0.2, 0) is 22.7 Å². The Hall–Kier alpha value is -5.40. The van der Waals surface area contributed by atoms with Gasteiger partial charge in [-0.15, -0.1) is 0 Å². The Balaban J connectivity index is 0.908. The highest BCUT2D eigenvalue weighted by molar-refractivity contribution is 6.07. The predicted octanol–water partition coefficient (Wildman–Crippen LogP) is 4.74. The van der Waals surface area contributed by atoms with Gasteiger partial charge in [0.25, 0.3) is 11.8 Å². The molecule has 4 amide bonds. The van der Waals surface area contributed by atoms with Crippen LogP contribution in [0.5, 0.6) is 0 Å². The molecule has 5 aromatic rings. The topological polar surface area (TPSA) is 157 Å². The summed E-state index contributed by atoms with van der Waals surface area (Å²) in [7, 11) is 2.15. The van der Waals surface area contributed by atoms with Gasteiger partial charge in [-0.25, -0.2) is 4.98 Å². The summed E-state index contributed by atoms with van der Waals surface area (Å²) in [5.41, 5.74) is 7.13. The van der Waals surface area contributed by atoms with E-state index in [0.717, 1.165) is 71.0 Å². The lowest BCUT2D eigenvalue weighted by Crippen LogP contribution is -2.52. The first-order valence-electron chi connectivity index (χ1n) is 18.7. The number of rotatable bonds is 7. The number of nitrogens with one attached hydrogen (secondary N) is 4. The molecule has 0 saturated carbocycles. The summed E-state index contributed by atoms with van der Waals surface area (Å²) in [6.07, 6.45) is 6.48. The van der Waals surface area contributed by atoms with E-state index in [4.69, 9.17) is 5.10 Å². The fourth-order valence-electron chi connectivity index (χ4n) is 8.99. The molecule has 4 atom stereocenters. The normalized spacial score (nSPS) is 23.6. The van der Waals surface area contributed by atoms with Crippen molar-refractivity contribution in [1.82, 2.24) is 40.2 Å². The number of amides is 4. The van der Waals surface area contributed by atoms with E-state index in [9.17, 15) is 19.2 Å². The second-order valence-corrected chi connectivity index (χ2v) is 15.1. The van der Waals surface area contributed by atoms with E-state index in [1.807, 2.05) is 54.2 Å². The summed E-state index contributed by atoms with van der Waals surface area (Å²) < 4.78 is 2.03. The van der Waals surface area contributed by atoms with E-state index in [-0.39, 0.29) is 30.2 Å². The number of carbonyl (C=O) groups excluding carboxylic acids is 4. The molecule has 3 aromatic heterocycles. The lowest BCUT2D eigenvalue weighted by Gasteiger charge is -2.32. The van der Waals surface area contributed by atoms with Crippen molar-refractivity contribution < 1.29 is 19.2 Å². The second-order valence-electron chi connectivity index (χ2n) is 15.1. The highest BCUT2D eigenvalue weighted by Gasteiger charge is 2.41. The number of fused-ring (bicyclic) bond motifs is 3. The van der Waals surface area contributed by atoms with Crippen LogP contribution in [0.1, 0.15) is 93.8 Å². The van der Waals surface area contributed by atoms with E-state index in [1.54, 1.807) is 4.90 Å². The van der Waals surface area contributed by atoms with E-state index < -0.39 is 11.9 Å². The number of carbonyl (C=O) groups is 4. The van der Waals surface area contributed by atoms with Gasteiger partial charge in [0.2, 0.25) is 11.8 Å². The Kier molecular flexibility index (Phi) is 8.34. The molecule has 4 N–H and O–H groups in total. The Labute approximate surface area is 306 Å². The molecule has 272 valence electrons. The van der Waals surface area contributed by atoms with Crippen molar-refractivity contribution in [2.45, 2.75) is 76.7 Å². The summed E-state index contributed by atoms with van der Waals surface area (Å²) in [6.45, 7) is 4.93. The number of hydrogen-bond acceptors (Lipinski definition) is 8. The van der Waals surface area contributed by atoms with Gasteiger partial charge in [-0.3, -0.25) is 34.1 Å². The van der Waals surface area contributed by atoms with Gasteiger partial charge in [-0.2, -0.15) is 5.10 Å². The highest BCUT2D eigenvalue weighted by atomic mass is 16.2. The number of aryl methyl sites for hydroxylation is 1. The highest BCUT2D eigenvalue weighted by Crippen LogP contribution is 2.37. The number of nitrogens with zero attached hydrogens (tertiary/aromatic N) is 5. The molecule has 0 radical (unpaired) electrons. The second kappa shape index (κ2) is 13.2. The summed E-state index contributed by atoms with van der Waals surface area (Å²) in [6, 6.07) is 15.4. The van der Waals surface area contributed by atoms with Gasteiger partial charge in [0, 0.05) is 71.5 Å². The van der Waals surface area contributed by atoms with Crippen molar-refractivity contribution in [3.05, 3.63) is 88.4 Å². The molecule has 4 aliphatic heterocycles. The van der Waals surface area contributed by atoms with Gasteiger partial charge >= 0.3 is 0 Å². The molecule has 13 heteroatoms. The Morgan fingerprint density at radius 3 is 2.75 bits per heavy atom. The lowest BCUT2D eigenvalue weighted by atomic mass is 9.86. The summed E-state index contributed by atoms with van der Waals surface area (Å²) in [5.74, 6) is -0.298.